The van der Waals surface area contributed by atoms with E-state index in [2.05, 4.69) is 16.7 Å². The molecule has 2 N–H and O–H groups in total. The van der Waals surface area contributed by atoms with Crippen molar-refractivity contribution in [2.75, 3.05) is 20.3 Å². The molecule has 1 aliphatic heterocycles. The molecule has 0 spiro atoms. The topological polar surface area (TPSA) is 72.4 Å². The van der Waals surface area contributed by atoms with Crippen molar-refractivity contribution in [3.63, 3.8) is 0 Å². The fraction of sp³-hybridized carbons (Fsp3) is 0.625. The highest BCUT2D eigenvalue weighted by Crippen LogP contribution is 2.45. The number of nitrogens with two attached hydrogens (primary N) is 1. The van der Waals surface area contributed by atoms with E-state index in [4.69, 9.17) is 26.8 Å². The fourth-order valence-corrected chi connectivity index (χ4v) is 3.12. The Balaban J connectivity index is 3.54. The van der Waals surface area contributed by atoms with E-state index in [0.717, 1.165) is 6.08 Å². The Hall–Kier alpha value is -1.81. The summed E-state index contributed by atoms with van der Waals surface area (Å²) in [6, 6.07) is -0.296. The summed E-state index contributed by atoms with van der Waals surface area (Å²) in [4.78, 5) is 8.94. The van der Waals surface area contributed by atoms with E-state index in [1.165, 1.54) is 38.9 Å². The van der Waals surface area contributed by atoms with E-state index in [9.17, 15) is 13.2 Å². The Kier molecular flexibility index (Phi) is 7.29. The van der Waals surface area contributed by atoms with E-state index in [1.54, 1.807) is 0 Å². The zero-order chi connectivity index (χ0) is 21.0. The minimum absolute atomic E-state index is 0.0134. The number of likely N-dealkylation sites (N-methyl/N-ethyl adjacent to an activating group) is 1. The van der Waals surface area contributed by atoms with Crippen LogP contribution in [0.25, 0.3) is 0 Å². The van der Waals surface area contributed by atoms with Gasteiger partial charge in [0.15, 0.2) is 0 Å². The Morgan fingerprint density at radius 1 is 1.59 bits per heavy atom. The lowest BCUT2D eigenvalue weighted by Gasteiger charge is -2.52. The zero-order valence-electron chi connectivity index (χ0n) is 15.5. The van der Waals surface area contributed by atoms with Crippen molar-refractivity contribution in [2.24, 2.45) is 15.7 Å². The van der Waals surface area contributed by atoms with Gasteiger partial charge in [0.25, 0.3) is 6.02 Å². The number of alkyl halides is 3. The summed E-state index contributed by atoms with van der Waals surface area (Å²) >= 11 is 6.16. The zero-order valence-corrected chi connectivity index (χ0v) is 16.2. The summed E-state index contributed by atoms with van der Waals surface area (Å²) in [5.74, 6) is -0.706. The van der Waals surface area contributed by atoms with Gasteiger partial charge in [-0.3, -0.25) is 4.99 Å². The maximum absolute atomic E-state index is 15.1. The number of hydrogen-bond donors (Lipinski definition) is 1. The van der Waals surface area contributed by atoms with E-state index in [-0.39, 0.29) is 17.8 Å². The van der Waals surface area contributed by atoms with Gasteiger partial charge in [-0.25, -0.2) is 9.38 Å². The third kappa shape index (κ3) is 4.73. The molecule has 1 heterocycles. The van der Waals surface area contributed by atoms with Gasteiger partial charge in [0.2, 0.25) is 0 Å². The van der Waals surface area contributed by atoms with Gasteiger partial charge >= 0.3 is 6.18 Å². The SMILES string of the molecule is C=N/C=C(/Cl)N(C)C(C)(/C(F)=C\C)[C@@]1(C)N=C(N)OC[C@@H]1OCC(F)(F)F. The predicted molar refractivity (Wildman–Crippen MR) is 96.3 cm³/mol. The van der Waals surface area contributed by atoms with Crippen LogP contribution in [0.1, 0.15) is 20.8 Å². The van der Waals surface area contributed by atoms with Gasteiger partial charge < -0.3 is 20.1 Å². The first kappa shape index (κ1) is 23.2. The summed E-state index contributed by atoms with van der Waals surface area (Å²) in [7, 11) is 1.44. The summed E-state index contributed by atoms with van der Waals surface area (Å²) in [6.07, 6.45) is -3.52. The molecule has 1 rings (SSSR count). The Morgan fingerprint density at radius 2 is 2.19 bits per heavy atom. The fourth-order valence-electron chi connectivity index (χ4n) is 2.88. The quantitative estimate of drug-likeness (QED) is 0.394. The van der Waals surface area contributed by atoms with E-state index in [1.807, 2.05) is 0 Å². The Labute approximate surface area is 160 Å². The number of ether oxygens (including phenoxy) is 2. The normalized spacial score (nSPS) is 26.7. The monoisotopic (exact) mass is 414 g/mol. The third-order valence-electron chi connectivity index (χ3n) is 4.69. The third-order valence-corrected chi connectivity index (χ3v) is 5.04. The van der Waals surface area contributed by atoms with Crippen LogP contribution in [0, 0.1) is 0 Å². The average Bonchev–Trinajstić information content (AvgIpc) is 2.57. The molecule has 27 heavy (non-hydrogen) atoms. The second kappa shape index (κ2) is 8.47. The maximum Gasteiger partial charge on any atom is 0.411 e. The van der Waals surface area contributed by atoms with Crippen molar-refractivity contribution in [1.29, 1.82) is 0 Å². The molecule has 0 aromatic carbocycles. The van der Waals surface area contributed by atoms with Crippen LogP contribution in [-0.2, 0) is 9.47 Å². The van der Waals surface area contributed by atoms with Crippen LogP contribution in [0.15, 0.2) is 33.2 Å². The molecule has 1 aliphatic rings. The van der Waals surface area contributed by atoms with Gasteiger partial charge in [-0.1, -0.05) is 17.7 Å². The molecular formula is C16H23ClF4N4O2. The molecule has 6 nitrogen and oxygen atoms in total. The molecule has 11 heteroatoms. The lowest BCUT2D eigenvalue weighted by molar-refractivity contribution is -0.201. The first-order valence-electron chi connectivity index (χ1n) is 7.87. The number of amidine groups is 1. The van der Waals surface area contributed by atoms with Crippen molar-refractivity contribution in [3.05, 3.63) is 23.3 Å². The molecule has 3 atom stereocenters. The lowest BCUT2D eigenvalue weighted by atomic mass is 9.73. The van der Waals surface area contributed by atoms with Gasteiger partial charge in [0.05, 0.1) is 6.20 Å². The molecule has 0 saturated heterocycles. The minimum Gasteiger partial charge on any atom is -0.463 e. The van der Waals surface area contributed by atoms with E-state index in [0.29, 0.717) is 0 Å². The van der Waals surface area contributed by atoms with E-state index < -0.39 is 35.8 Å². The standard InChI is InChI=1S/C16H23ClF4N4O2/c1-6-10(18)15(3,25(5)12(17)7-23-4)14(2)11(8-26-13(22)24-14)27-9-16(19,20)21/h6-7,11H,4,8-9H2,1-3,5H3,(H2,22,24)/b10-6+,12-7-/t11-,14-,15?/m0/s1. The summed E-state index contributed by atoms with van der Waals surface area (Å²) in [6.45, 7) is 5.67. The first-order chi connectivity index (χ1) is 12.3. The summed E-state index contributed by atoms with van der Waals surface area (Å²) in [5.41, 5.74) is 2.34. The second-order valence-corrected chi connectivity index (χ2v) is 6.61. The highest BCUT2D eigenvalue weighted by Gasteiger charge is 2.58. The summed E-state index contributed by atoms with van der Waals surface area (Å²) < 4.78 is 63.2. The van der Waals surface area contributed by atoms with Crippen LogP contribution in [0.3, 0.4) is 0 Å². The Morgan fingerprint density at radius 3 is 2.67 bits per heavy atom. The van der Waals surface area contributed by atoms with Gasteiger partial charge in [-0.15, -0.1) is 0 Å². The number of halogens is 5. The molecular weight excluding hydrogens is 392 g/mol. The van der Waals surface area contributed by atoms with Gasteiger partial charge in [0.1, 0.15) is 41.4 Å². The van der Waals surface area contributed by atoms with Crippen LogP contribution in [0.2, 0.25) is 0 Å². The van der Waals surface area contributed by atoms with Crippen molar-refractivity contribution in [2.45, 2.75) is 44.1 Å². The highest BCUT2D eigenvalue weighted by atomic mass is 35.5. The maximum atomic E-state index is 15.1. The van der Waals surface area contributed by atoms with E-state index >= 15 is 4.39 Å². The molecule has 0 saturated carbocycles. The highest BCUT2D eigenvalue weighted by molar-refractivity contribution is 6.29. The van der Waals surface area contributed by atoms with Crippen molar-refractivity contribution in [1.82, 2.24) is 4.90 Å². The minimum atomic E-state index is -4.58. The van der Waals surface area contributed by atoms with Crippen LogP contribution in [0.4, 0.5) is 17.6 Å². The van der Waals surface area contributed by atoms with Gasteiger partial charge in [-0.2, -0.15) is 13.2 Å². The molecule has 0 aromatic heterocycles. The number of allylic oxidation sites excluding steroid dienone is 1. The van der Waals surface area contributed by atoms with Crippen molar-refractivity contribution in [3.8, 4) is 0 Å². The van der Waals surface area contributed by atoms with Crippen LogP contribution >= 0.6 is 11.6 Å². The smallest absolute Gasteiger partial charge is 0.411 e. The first-order valence-corrected chi connectivity index (χ1v) is 8.25. The van der Waals surface area contributed by atoms with Crippen LogP contribution in [-0.4, -0.2) is 61.3 Å². The van der Waals surface area contributed by atoms with Crippen LogP contribution < -0.4 is 5.73 Å². The van der Waals surface area contributed by atoms with Crippen molar-refractivity contribution >= 4 is 24.3 Å². The number of hydrogen-bond acceptors (Lipinski definition) is 6. The van der Waals surface area contributed by atoms with Crippen molar-refractivity contribution < 1.29 is 27.0 Å². The molecule has 0 bridgehead atoms. The average molecular weight is 415 g/mol. The summed E-state index contributed by atoms with van der Waals surface area (Å²) in [5, 5.41) is -0.0134. The number of rotatable bonds is 7. The number of aliphatic imine (C=N–C) groups is 2. The van der Waals surface area contributed by atoms with Gasteiger partial charge in [0, 0.05) is 7.05 Å². The number of nitrogens with zero attached hydrogens (tertiary/aromatic N) is 3. The molecule has 0 fully saturated rings. The predicted octanol–water partition coefficient (Wildman–Crippen LogP) is 3.34. The molecule has 1 unspecified atom stereocenters. The van der Waals surface area contributed by atoms with Gasteiger partial charge in [-0.05, 0) is 27.5 Å². The van der Waals surface area contributed by atoms with Crippen LogP contribution in [0.5, 0.6) is 0 Å². The molecule has 0 aliphatic carbocycles. The molecule has 0 radical (unpaired) electrons. The Bertz CT molecular complexity index is 653. The largest absolute Gasteiger partial charge is 0.463 e. The lowest BCUT2D eigenvalue weighted by Crippen LogP contribution is -2.67. The molecule has 0 amide bonds. The molecule has 0 aromatic rings. The molecule has 154 valence electrons. The second-order valence-electron chi connectivity index (χ2n) is 6.23.